The van der Waals surface area contributed by atoms with Gasteiger partial charge in [-0.2, -0.15) is 11.8 Å². The van der Waals surface area contributed by atoms with Gasteiger partial charge >= 0.3 is 0 Å². The molecule has 3 N–H and O–H groups in total. The van der Waals surface area contributed by atoms with Crippen LogP contribution in [0.3, 0.4) is 0 Å². The predicted octanol–water partition coefficient (Wildman–Crippen LogP) is 1.23. The Balaban J connectivity index is 2.20. The fourth-order valence-electron chi connectivity index (χ4n) is 2.22. The molecule has 1 aliphatic carbocycles. The lowest BCUT2D eigenvalue weighted by Crippen LogP contribution is -2.38. The van der Waals surface area contributed by atoms with Crippen molar-refractivity contribution in [3.8, 4) is 0 Å². The summed E-state index contributed by atoms with van der Waals surface area (Å²) in [6.07, 6.45) is 7.77. The van der Waals surface area contributed by atoms with Gasteiger partial charge in [-0.1, -0.05) is 6.42 Å². The largest absolute Gasteiger partial charge is 0.398 e. The SMILES string of the molecule is CSC1CCCC1NS(=O)(=O)c1cnccc1N. The van der Waals surface area contributed by atoms with Crippen molar-refractivity contribution in [3.05, 3.63) is 18.5 Å². The van der Waals surface area contributed by atoms with Crippen LogP contribution in [0.15, 0.2) is 23.4 Å². The van der Waals surface area contributed by atoms with E-state index < -0.39 is 10.0 Å². The zero-order valence-electron chi connectivity index (χ0n) is 10.2. The highest BCUT2D eigenvalue weighted by Crippen LogP contribution is 2.29. The first-order valence-corrected chi connectivity index (χ1v) is 8.56. The summed E-state index contributed by atoms with van der Waals surface area (Å²) in [6, 6.07) is 1.49. The third-order valence-electron chi connectivity index (χ3n) is 3.17. The fourth-order valence-corrected chi connectivity index (χ4v) is 4.63. The quantitative estimate of drug-likeness (QED) is 0.870. The van der Waals surface area contributed by atoms with Crippen LogP contribution in [-0.4, -0.2) is 30.9 Å². The van der Waals surface area contributed by atoms with E-state index in [1.807, 2.05) is 6.26 Å². The van der Waals surface area contributed by atoms with Crippen molar-refractivity contribution in [2.45, 2.75) is 35.4 Å². The minimum Gasteiger partial charge on any atom is -0.398 e. The number of hydrogen-bond acceptors (Lipinski definition) is 5. The molecule has 1 aromatic rings. The number of hydrogen-bond donors (Lipinski definition) is 2. The highest BCUT2D eigenvalue weighted by molar-refractivity contribution is 7.99. The topological polar surface area (TPSA) is 85.1 Å². The second-order valence-corrected chi connectivity index (χ2v) is 7.11. The number of pyridine rings is 1. The summed E-state index contributed by atoms with van der Waals surface area (Å²) in [5, 5.41) is 0.345. The van der Waals surface area contributed by atoms with E-state index in [-0.39, 0.29) is 16.6 Å². The van der Waals surface area contributed by atoms with Crippen LogP contribution in [0.2, 0.25) is 0 Å². The smallest absolute Gasteiger partial charge is 0.244 e. The second kappa shape index (κ2) is 5.46. The molecule has 0 radical (unpaired) electrons. The monoisotopic (exact) mass is 287 g/mol. The van der Waals surface area contributed by atoms with E-state index in [4.69, 9.17) is 5.73 Å². The van der Waals surface area contributed by atoms with Crippen LogP contribution >= 0.6 is 11.8 Å². The molecule has 2 unspecified atom stereocenters. The zero-order valence-corrected chi connectivity index (χ0v) is 11.8. The van der Waals surface area contributed by atoms with Gasteiger partial charge in [0.1, 0.15) is 4.90 Å². The number of nitrogens with one attached hydrogen (secondary N) is 1. The summed E-state index contributed by atoms with van der Waals surface area (Å²) < 4.78 is 27.2. The minimum atomic E-state index is -3.57. The molecule has 0 aliphatic heterocycles. The van der Waals surface area contributed by atoms with Gasteiger partial charge in [0, 0.05) is 23.7 Å². The number of anilines is 1. The molecule has 100 valence electrons. The standard InChI is InChI=1S/C11H17N3O2S2/c1-17-10-4-2-3-9(10)14-18(15,16)11-7-13-6-5-8(11)12/h5-7,9-10,14H,2-4H2,1H3,(H2,12,13). The first-order chi connectivity index (χ1) is 8.54. The molecule has 1 aromatic heterocycles. The highest BCUT2D eigenvalue weighted by atomic mass is 32.2. The van der Waals surface area contributed by atoms with Gasteiger partial charge in [0.25, 0.3) is 0 Å². The molecule has 2 atom stereocenters. The van der Waals surface area contributed by atoms with E-state index in [9.17, 15) is 8.42 Å². The van der Waals surface area contributed by atoms with Crippen molar-refractivity contribution in [3.63, 3.8) is 0 Å². The van der Waals surface area contributed by atoms with Crippen LogP contribution in [0.25, 0.3) is 0 Å². The number of nitrogens with zero attached hydrogens (tertiary/aromatic N) is 1. The Morgan fingerprint density at radius 3 is 2.94 bits per heavy atom. The Morgan fingerprint density at radius 2 is 2.28 bits per heavy atom. The third kappa shape index (κ3) is 2.78. The lowest BCUT2D eigenvalue weighted by Gasteiger charge is -2.19. The molecule has 0 aromatic carbocycles. The van der Waals surface area contributed by atoms with E-state index in [0.717, 1.165) is 19.3 Å². The van der Waals surface area contributed by atoms with Gasteiger partial charge in [-0.25, -0.2) is 13.1 Å². The summed E-state index contributed by atoms with van der Waals surface area (Å²) in [6.45, 7) is 0. The maximum absolute atomic E-state index is 12.2. The van der Waals surface area contributed by atoms with Gasteiger partial charge in [-0.05, 0) is 25.2 Å². The Hall–Kier alpha value is -0.790. The summed E-state index contributed by atoms with van der Waals surface area (Å²) in [4.78, 5) is 3.89. The van der Waals surface area contributed by atoms with Gasteiger partial charge < -0.3 is 5.73 Å². The molecule has 2 rings (SSSR count). The maximum atomic E-state index is 12.2. The molecular formula is C11H17N3O2S2. The molecule has 1 aliphatic rings. The second-order valence-electron chi connectivity index (χ2n) is 4.35. The van der Waals surface area contributed by atoms with E-state index in [1.54, 1.807) is 11.8 Å². The lowest BCUT2D eigenvalue weighted by atomic mass is 10.3. The van der Waals surface area contributed by atoms with Crippen molar-refractivity contribution in [2.24, 2.45) is 0 Å². The van der Waals surface area contributed by atoms with Crippen molar-refractivity contribution in [1.82, 2.24) is 9.71 Å². The summed E-state index contributed by atoms with van der Waals surface area (Å²) in [5.74, 6) is 0. The third-order valence-corrected chi connectivity index (χ3v) is 5.87. The first kappa shape index (κ1) is 13.6. The van der Waals surface area contributed by atoms with Crippen LogP contribution in [-0.2, 0) is 10.0 Å². The Bertz CT molecular complexity index is 519. The average molecular weight is 287 g/mol. The summed E-state index contributed by atoms with van der Waals surface area (Å²) >= 11 is 1.71. The molecule has 0 saturated heterocycles. The predicted molar refractivity (Wildman–Crippen MR) is 73.9 cm³/mol. The van der Waals surface area contributed by atoms with Crippen LogP contribution in [0.5, 0.6) is 0 Å². The average Bonchev–Trinajstić information content (AvgIpc) is 2.76. The van der Waals surface area contributed by atoms with Crippen LogP contribution in [0, 0.1) is 0 Å². The normalized spacial score (nSPS) is 24.3. The molecule has 0 bridgehead atoms. The summed E-state index contributed by atoms with van der Waals surface area (Å²) in [5.41, 5.74) is 5.92. The lowest BCUT2D eigenvalue weighted by molar-refractivity contribution is 0.555. The Labute approximate surface area is 112 Å². The number of rotatable bonds is 4. The molecule has 7 heteroatoms. The number of nitrogens with two attached hydrogens (primary N) is 1. The fraction of sp³-hybridized carbons (Fsp3) is 0.545. The zero-order chi connectivity index (χ0) is 13.2. The van der Waals surface area contributed by atoms with E-state index in [2.05, 4.69) is 9.71 Å². The number of aromatic nitrogens is 1. The maximum Gasteiger partial charge on any atom is 0.244 e. The van der Waals surface area contributed by atoms with E-state index in [1.165, 1.54) is 18.5 Å². The molecular weight excluding hydrogens is 270 g/mol. The van der Waals surface area contributed by atoms with Crippen molar-refractivity contribution in [1.29, 1.82) is 0 Å². The molecule has 1 fully saturated rings. The molecule has 0 spiro atoms. The van der Waals surface area contributed by atoms with Gasteiger partial charge in [0.05, 0.1) is 5.69 Å². The minimum absolute atomic E-state index is 0.00962. The number of thioether (sulfide) groups is 1. The van der Waals surface area contributed by atoms with Crippen LogP contribution < -0.4 is 10.5 Å². The molecule has 0 amide bonds. The van der Waals surface area contributed by atoms with Crippen LogP contribution in [0.1, 0.15) is 19.3 Å². The van der Waals surface area contributed by atoms with Crippen molar-refractivity contribution >= 4 is 27.5 Å². The van der Waals surface area contributed by atoms with E-state index >= 15 is 0 Å². The van der Waals surface area contributed by atoms with Gasteiger partial charge in [-0.15, -0.1) is 0 Å². The molecule has 18 heavy (non-hydrogen) atoms. The van der Waals surface area contributed by atoms with Crippen molar-refractivity contribution < 1.29 is 8.42 Å². The molecule has 5 nitrogen and oxygen atoms in total. The van der Waals surface area contributed by atoms with Crippen molar-refractivity contribution in [2.75, 3.05) is 12.0 Å². The highest BCUT2D eigenvalue weighted by Gasteiger charge is 2.31. The van der Waals surface area contributed by atoms with Gasteiger partial charge in [-0.3, -0.25) is 4.98 Å². The number of sulfonamides is 1. The van der Waals surface area contributed by atoms with Gasteiger partial charge in [0.2, 0.25) is 10.0 Å². The Kier molecular flexibility index (Phi) is 4.14. The van der Waals surface area contributed by atoms with Crippen LogP contribution in [0.4, 0.5) is 5.69 Å². The van der Waals surface area contributed by atoms with E-state index in [0.29, 0.717) is 5.25 Å². The summed E-state index contributed by atoms with van der Waals surface area (Å²) in [7, 11) is -3.57. The number of nitrogen functional groups attached to an aromatic ring is 1. The molecule has 1 heterocycles. The first-order valence-electron chi connectivity index (χ1n) is 5.79. The van der Waals surface area contributed by atoms with Gasteiger partial charge in [0.15, 0.2) is 0 Å². The molecule has 1 saturated carbocycles. The Morgan fingerprint density at radius 1 is 1.50 bits per heavy atom.